The van der Waals surface area contributed by atoms with Crippen molar-refractivity contribution in [2.24, 2.45) is 0 Å². The van der Waals surface area contributed by atoms with Crippen molar-refractivity contribution in [2.75, 3.05) is 13.2 Å². The van der Waals surface area contributed by atoms with Crippen LogP contribution in [0.15, 0.2) is 48.5 Å². The lowest BCUT2D eigenvalue weighted by molar-refractivity contribution is -0.149. The number of nitrogens with one attached hydrogen (secondary N) is 2. The fraction of sp³-hybridized carbons (Fsp3) is 0.348. The van der Waals surface area contributed by atoms with E-state index in [0.29, 0.717) is 0 Å². The summed E-state index contributed by atoms with van der Waals surface area (Å²) in [6, 6.07) is 14.9. The van der Waals surface area contributed by atoms with E-state index in [1.54, 1.807) is 6.92 Å². The predicted molar refractivity (Wildman–Crippen MR) is 114 cm³/mol. The quantitative estimate of drug-likeness (QED) is 0.513. The number of carbonyl (C=O) groups excluding carboxylic acids is 2. The number of alkyl carbamates (subject to hydrolysis) is 1. The van der Waals surface area contributed by atoms with E-state index in [1.165, 1.54) is 6.92 Å². The van der Waals surface area contributed by atoms with E-state index in [2.05, 4.69) is 10.6 Å². The van der Waals surface area contributed by atoms with E-state index < -0.39 is 36.2 Å². The molecule has 0 bridgehead atoms. The number of hydrogen-bond donors (Lipinski definition) is 4. The molecule has 4 N–H and O–H groups in total. The topological polar surface area (TPSA) is 125 Å². The second kappa shape index (κ2) is 9.18. The first-order valence-electron chi connectivity index (χ1n) is 10.1. The molecule has 3 rings (SSSR count). The van der Waals surface area contributed by atoms with Crippen LogP contribution in [0.25, 0.3) is 11.1 Å². The summed E-state index contributed by atoms with van der Waals surface area (Å²) in [5.74, 6) is -2.20. The van der Waals surface area contributed by atoms with Gasteiger partial charge in [-0.05, 0) is 35.6 Å². The zero-order chi connectivity index (χ0) is 22.6. The molecular formula is C23H26N2O6. The number of rotatable bonds is 8. The van der Waals surface area contributed by atoms with Gasteiger partial charge >= 0.3 is 12.1 Å². The van der Waals surface area contributed by atoms with E-state index in [4.69, 9.17) is 4.74 Å². The van der Waals surface area contributed by atoms with Crippen LogP contribution in [0.2, 0.25) is 0 Å². The molecule has 0 fully saturated rings. The lowest BCUT2D eigenvalue weighted by Crippen LogP contribution is -2.59. The first kappa shape index (κ1) is 22.3. The van der Waals surface area contributed by atoms with Crippen LogP contribution in [0.5, 0.6) is 0 Å². The lowest BCUT2D eigenvalue weighted by Gasteiger charge is -2.26. The molecule has 8 nitrogen and oxygen atoms in total. The van der Waals surface area contributed by atoms with Gasteiger partial charge in [0.2, 0.25) is 5.91 Å². The van der Waals surface area contributed by atoms with Crippen LogP contribution in [-0.2, 0) is 14.3 Å². The van der Waals surface area contributed by atoms with Crippen LogP contribution < -0.4 is 10.6 Å². The van der Waals surface area contributed by atoms with E-state index in [1.807, 2.05) is 48.5 Å². The molecule has 0 aliphatic heterocycles. The highest BCUT2D eigenvalue weighted by Gasteiger charge is 2.36. The average Bonchev–Trinajstić information content (AvgIpc) is 3.09. The van der Waals surface area contributed by atoms with Gasteiger partial charge in [-0.2, -0.15) is 0 Å². The Bertz CT molecular complexity index is 946. The van der Waals surface area contributed by atoms with Gasteiger partial charge in [0.1, 0.15) is 12.6 Å². The predicted octanol–water partition coefficient (Wildman–Crippen LogP) is 2.26. The number of carboxylic acids is 1. The van der Waals surface area contributed by atoms with Gasteiger partial charge in [0.25, 0.3) is 0 Å². The summed E-state index contributed by atoms with van der Waals surface area (Å²) in [5, 5.41) is 23.2. The number of hydrogen-bond acceptors (Lipinski definition) is 5. The molecule has 0 saturated carbocycles. The van der Waals surface area contributed by atoms with Crippen molar-refractivity contribution in [2.45, 2.75) is 37.8 Å². The SMILES string of the molecule is CC[C@H](NC(=O)OCC1c2ccccc2-c2ccccc21)C(=O)NC(C)(CO)C(=O)O. The zero-order valence-electron chi connectivity index (χ0n) is 17.4. The van der Waals surface area contributed by atoms with Crippen molar-refractivity contribution in [1.82, 2.24) is 10.6 Å². The molecule has 0 aromatic heterocycles. The van der Waals surface area contributed by atoms with Crippen molar-refractivity contribution in [3.63, 3.8) is 0 Å². The molecule has 1 aliphatic rings. The molecular weight excluding hydrogens is 400 g/mol. The maximum absolute atomic E-state index is 12.4. The summed E-state index contributed by atoms with van der Waals surface area (Å²) in [7, 11) is 0. The molecule has 2 aromatic carbocycles. The van der Waals surface area contributed by atoms with Gasteiger partial charge in [-0.1, -0.05) is 55.5 Å². The maximum atomic E-state index is 12.4. The summed E-state index contributed by atoms with van der Waals surface area (Å²) in [4.78, 5) is 36.1. The van der Waals surface area contributed by atoms with Gasteiger partial charge < -0.3 is 25.6 Å². The Balaban J connectivity index is 1.64. The molecule has 1 unspecified atom stereocenters. The third-order valence-corrected chi connectivity index (χ3v) is 5.55. The van der Waals surface area contributed by atoms with Crippen molar-refractivity contribution in [3.8, 4) is 11.1 Å². The molecule has 1 aliphatic carbocycles. The number of ether oxygens (including phenoxy) is 1. The van der Waals surface area contributed by atoms with Crippen molar-refractivity contribution >= 4 is 18.0 Å². The molecule has 0 spiro atoms. The van der Waals surface area contributed by atoms with Crippen LogP contribution in [0.4, 0.5) is 4.79 Å². The Morgan fingerprint density at radius 1 is 1.06 bits per heavy atom. The van der Waals surface area contributed by atoms with E-state index in [9.17, 15) is 24.6 Å². The highest BCUT2D eigenvalue weighted by atomic mass is 16.5. The normalized spacial score (nSPS) is 15.2. The second-order valence-corrected chi connectivity index (χ2v) is 7.72. The minimum absolute atomic E-state index is 0.0986. The standard InChI is InChI=1S/C23H26N2O6/c1-3-19(20(27)25-23(2,13-26)21(28)29)24-22(30)31-12-18-16-10-6-4-8-14(16)15-9-5-7-11-17(15)18/h4-11,18-19,26H,3,12-13H2,1-2H3,(H,24,30)(H,25,27)(H,28,29)/t19-,23?/m0/s1. The highest BCUT2D eigenvalue weighted by molar-refractivity contribution is 5.91. The third-order valence-electron chi connectivity index (χ3n) is 5.55. The van der Waals surface area contributed by atoms with Crippen LogP contribution in [-0.4, -0.2) is 53.0 Å². The summed E-state index contributed by atoms with van der Waals surface area (Å²) >= 11 is 0. The number of amides is 2. The Morgan fingerprint density at radius 3 is 2.10 bits per heavy atom. The fourth-order valence-electron chi connectivity index (χ4n) is 3.65. The molecule has 0 saturated heterocycles. The van der Waals surface area contributed by atoms with E-state index in [-0.39, 0.29) is 18.9 Å². The summed E-state index contributed by atoms with van der Waals surface area (Å²) in [5.41, 5.74) is 2.51. The molecule has 2 atom stereocenters. The van der Waals surface area contributed by atoms with Crippen molar-refractivity contribution in [1.29, 1.82) is 0 Å². The van der Waals surface area contributed by atoms with E-state index >= 15 is 0 Å². The Morgan fingerprint density at radius 2 is 1.61 bits per heavy atom. The van der Waals surface area contributed by atoms with Crippen LogP contribution in [0.1, 0.15) is 37.3 Å². The molecule has 8 heteroatoms. The highest BCUT2D eigenvalue weighted by Crippen LogP contribution is 2.44. The number of carboxylic acid groups (broad SMARTS) is 1. The number of carbonyl (C=O) groups is 3. The van der Waals surface area contributed by atoms with Crippen molar-refractivity contribution < 1.29 is 29.3 Å². The number of aliphatic hydroxyl groups excluding tert-OH is 1. The Kier molecular flexibility index (Phi) is 6.60. The van der Waals surface area contributed by atoms with Gasteiger partial charge in [-0.15, -0.1) is 0 Å². The second-order valence-electron chi connectivity index (χ2n) is 7.72. The molecule has 31 heavy (non-hydrogen) atoms. The van der Waals surface area contributed by atoms with Gasteiger partial charge in [-0.25, -0.2) is 9.59 Å². The first-order chi connectivity index (χ1) is 14.8. The minimum Gasteiger partial charge on any atom is -0.479 e. The largest absolute Gasteiger partial charge is 0.479 e. The van der Waals surface area contributed by atoms with Crippen molar-refractivity contribution in [3.05, 3.63) is 59.7 Å². The van der Waals surface area contributed by atoms with Gasteiger partial charge in [-0.3, -0.25) is 4.79 Å². The number of fused-ring (bicyclic) bond motifs is 3. The van der Waals surface area contributed by atoms with Crippen LogP contribution in [0.3, 0.4) is 0 Å². The Hall–Kier alpha value is -3.39. The van der Waals surface area contributed by atoms with Gasteiger partial charge in [0, 0.05) is 5.92 Å². The number of aliphatic carboxylic acids is 1. The first-order valence-corrected chi connectivity index (χ1v) is 10.1. The Labute approximate surface area is 180 Å². The fourth-order valence-corrected chi connectivity index (χ4v) is 3.65. The molecule has 2 aromatic rings. The molecule has 0 heterocycles. The summed E-state index contributed by atoms with van der Waals surface area (Å²) in [6.45, 7) is 2.18. The number of benzene rings is 2. The summed E-state index contributed by atoms with van der Waals surface area (Å²) in [6.07, 6.45) is -0.554. The smallest absolute Gasteiger partial charge is 0.407 e. The van der Waals surface area contributed by atoms with Crippen LogP contribution >= 0.6 is 0 Å². The average molecular weight is 426 g/mol. The monoisotopic (exact) mass is 426 g/mol. The lowest BCUT2D eigenvalue weighted by atomic mass is 9.98. The van der Waals surface area contributed by atoms with Gasteiger partial charge in [0.15, 0.2) is 5.54 Å². The zero-order valence-corrected chi connectivity index (χ0v) is 17.4. The van der Waals surface area contributed by atoms with E-state index in [0.717, 1.165) is 22.3 Å². The molecule has 2 amide bonds. The minimum atomic E-state index is -1.84. The van der Waals surface area contributed by atoms with Gasteiger partial charge in [0.05, 0.1) is 6.61 Å². The maximum Gasteiger partial charge on any atom is 0.407 e. The summed E-state index contributed by atoms with van der Waals surface area (Å²) < 4.78 is 5.43. The molecule has 0 radical (unpaired) electrons. The third kappa shape index (κ3) is 4.54. The molecule has 164 valence electrons. The number of aliphatic hydroxyl groups is 1. The van der Waals surface area contributed by atoms with Crippen LogP contribution in [0, 0.1) is 0 Å².